The largest absolute Gasteiger partial charge is 0.428 e. The van der Waals surface area contributed by atoms with Gasteiger partial charge in [-0.25, -0.2) is 43.4 Å². The molecule has 29 heteroatoms. The maximum absolute atomic E-state index is 12.5. The van der Waals surface area contributed by atoms with Crippen LogP contribution in [0.5, 0.6) is 5.75 Å². The third-order valence-corrected chi connectivity index (χ3v) is 16.9. The second-order valence-corrected chi connectivity index (χ2v) is 24.5. The smallest absolute Gasteiger partial charge is 0.373 e. The van der Waals surface area contributed by atoms with Gasteiger partial charge >= 0.3 is 6.15 Å². The van der Waals surface area contributed by atoms with Gasteiger partial charge in [-0.1, -0.05) is 0 Å². The number of ether oxygens (including phenoxy) is 1. The summed E-state index contributed by atoms with van der Waals surface area (Å²) in [5.41, 5.74) is 9.29. The number of nitrogens with two attached hydrogens (primary N) is 2. The molecule has 81 heavy (non-hydrogen) atoms. The number of fused-ring (bicyclic) bond motifs is 3. The Morgan fingerprint density at radius 3 is 1.58 bits per heavy atom. The molecule has 6 aromatic rings. The number of carbonyl (C=O) groups excluding carboxylic acids is 4. The fourth-order valence-electron chi connectivity index (χ4n) is 9.64. The van der Waals surface area contributed by atoms with Crippen molar-refractivity contribution in [2.24, 2.45) is 10.3 Å². The number of nitriles is 1. The van der Waals surface area contributed by atoms with Gasteiger partial charge < -0.3 is 24.3 Å². The van der Waals surface area contributed by atoms with E-state index in [9.17, 15) is 40.1 Å². The summed E-state index contributed by atoms with van der Waals surface area (Å²) in [4.78, 5) is 69.3. The van der Waals surface area contributed by atoms with Gasteiger partial charge in [0.1, 0.15) is 36.1 Å². The van der Waals surface area contributed by atoms with Crippen LogP contribution in [-0.4, -0.2) is 174 Å². The lowest BCUT2D eigenvalue weighted by molar-refractivity contribution is -0.191. The van der Waals surface area contributed by atoms with E-state index >= 15 is 0 Å². The van der Waals surface area contributed by atoms with Gasteiger partial charge in [0.2, 0.25) is 15.9 Å². The highest BCUT2D eigenvalue weighted by Crippen LogP contribution is 2.33. The van der Waals surface area contributed by atoms with Gasteiger partial charge in [-0.15, -0.1) is 0 Å². The van der Waals surface area contributed by atoms with Crippen molar-refractivity contribution in [2.75, 3.05) is 106 Å². The molecule has 5 N–H and O–H groups in total. The molecule has 3 saturated heterocycles. The van der Waals surface area contributed by atoms with Crippen molar-refractivity contribution in [2.45, 2.75) is 60.3 Å². The van der Waals surface area contributed by atoms with Gasteiger partial charge in [0, 0.05) is 120 Å². The summed E-state index contributed by atoms with van der Waals surface area (Å²) >= 11 is 0. The van der Waals surface area contributed by atoms with Gasteiger partial charge in [0.05, 0.1) is 34.1 Å². The molecule has 0 saturated carbocycles. The number of hydrogen-bond acceptors (Lipinski definition) is 20. The van der Waals surface area contributed by atoms with Gasteiger partial charge in [0.25, 0.3) is 26.9 Å². The Hall–Kier alpha value is -7.39. The topological polar surface area (TPSA) is 352 Å². The number of aromatic nitrogens is 5. The summed E-state index contributed by atoms with van der Waals surface area (Å²) in [7, 11) is -10.6. The molecule has 0 aliphatic carbocycles. The van der Waals surface area contributed by atoms with Crippen molar-refractivity contribution in [3.8, 4) is 11.8 Å². The van der Waals surface area contributed by atoms with Crippen LogP contribution in [0.4, 0.5) is 17.3 Å². The van der Waals surface area contributed by atoms with E-state index in [0.717, 1.165) is 87.0 Å². The van der Waals surface area contributed by atoms with E-state index in [2.05, 4.69) is 77.6 Å². The molecule has 1 amide bonds. The number of anilines is 3. The number of nitrogens with zero attached hydrogens (tertiary/aromatic N) is 12. The first-order valence-corrected chi connectivity index (χ1v) is 30.7. The fourth-order valence-corrected chi connectivity index (χ4v) is 11.5. The number of nitrogens with one attached hydrogen (secondary N) is 1. The zero-order valence-corrected chi connectivity index (χ0v) is 48.5. The molecule has 6 heterocycles. The molecule has 0 unspecified atom stereocenters. The minimum absolute atomic E-state index is 0.0698. The third kappa shape index (κ3) is 16.8. The van der Waals surface area contributed by atoms with Crippen LogP contribution < -0.4 is 34.4 Å². The minimum atomic E-state index is -3.69. The highest BCUT2D eigenvalue weighted by molar-refractivity contribution is 7.88. The maximum Gasteiger partial charge on any atom is 0.373 e. The highest BCUT2D eigenvalue weighted by Gasteiger charge is 2.27. The molecule has 3 aromatic carbocycles. The number of carbonyl (C=O) groups is 2. The third-order valence-electron chi connectivity index (χ3n) is 14.0. The summed E-state index contributed by atoms with van der Waals surface area (Å²) in [5.74, 6) is 1.96. The van der Waals surface area contributed by atoms with E-state index in [0.29, 0.717) is 102 Å². The van der Waals surface area contributed by atoms with Crippen LogP contribution >= 0.6 is 0 Å². The molecular weight excluding hydrogens is 1110 g/mol. The average Bonchev–Trinajstić information content (AvgIpc) is 3.99. The quantitative estimate of drug-likeness (QED) is 0.157. The summed E-state index contributed by atoms with van der Waals surface area (Å²) in [6.07, 6.45) is 8.22. The molecule has 26 nitrogen and oxygen atoms in total. The van der Waals surface area contributed by atoms with Crippen LogP contribution in [0, 0.1) is 45.9 Å². The number of amides is 1. The van der Waals surface area contributed by atoms with Crippen LogP contribution in [0.2, 0.25) is 0 Å². The Morgan fingerprint density at radius 1 is 0.617 bits per heavy atom. The average molecular weight is 1170 g/mol. The summed E-state index contributed by atoms with van der Waals surface area (Å²) in [5, 5.41) is 22.9. The lowest BCUT2D eigenvalue weighted by Gasteiger charge is -2.26. The minimum Gasteiger partial charge on any atom is -0.428 e. The van der Waals surface area contributed by atoms with Crippen molar-refractivity contribution in [3.05, 3.63) is 88.6 Å². The molecule has 0 bridgehead atoms. The Bertz CT molecular complexity index is 3690. The van der Waals surface area contributed by atoms with E-state index in [1.165, 1.54) is 26.1 Å². The Morgan fingerprint density at radius 2 is 1.07 bits per heavy atom. The van der Waals surface area contributed by atoms with Gasteiger partial charge in [-0.05, 0) is 112 Å². The molecule has 434 valence electrons. The van der Waals surface area contributed by atoms with Crippen LogP contribution in [-0.2, 0) is 49.6 Å². The predicted octanol–water partition coefficient (Wildman–Crippen LogP) is 2.27. The fraction of sp³-hybridized carbons (Fsp3) is 0.442. The van der Waals surface area contributed by atoms with Crippen LogP contribution in [0.3, 0.4) is 0 Å². The lowest BCUT2D eigenvalue weighted by Crippen LogP contribution is -2.39. The molecule has 0 atom stereocenters. The van der Waals surface area contributed by atoms with Crippen LogP contribution in [0.15, 0.2) is 55.2 Å². The van der Waals surface area contributed by atoms with Gasteiger partial charge in [-0.2, -0.15) is 40.3 Å². The Kier molecular flexibility index (Phi) is 21.6. The monoisotopic (exact) mass is 1170 g/mol. The van der Waals surface area contributed by atoms with E-state index in [4.69, 9.17) is 24.6 Å². The Balaban J connectivity index is 0.000000192. The summed E-state index contributed by atoms with van der Waals surface area (Å²) < 4.78 is 78.5. The normalized spacial score (nSPS) is 15.8. The zero-order chi connectivity index (χ0) is 59.2. The van der Waals surface area contributed by atoms with Crippen LogP contribution in [0.25, 0.3) is 32.7 Å². The molecule has 0 radical (unpaired) electrons. The van der Waals surface area contributed by atoms with Crippen molar-refractivity contribution in [3.63, 3.8) is 0 Å². The second-order valence-electron chi connectivity index (χ2n) is 19.6. The highest BCUT2D eigenvalue weighted by atomic mass is 32.2. The number of sulfonamides is 1. The van der Waals surface area contributed by atoms with E-state index in [-0.39, 0.29) is 25.0 Å². The number of benzene rings is 3. The Labute approximate surface area is 471 Å². The zero-order valence-electron chi connectivity index (χ0n) is 46.0. The summed E-state index contributed by atoms with van der Waals surface area (Å²) in [6, 6.07) is 14.1. The molecule has 3 aliphatic rings. The molecule has 0 spiro atoms. The van der Waals surface area contributed by atoms with Crippen molar-refractivity contribution in [1.29, 1.82) is 5.26 Å². The van der Waals surface area contributed by atoms with Crippen molar-refractivity contribution < 1.29 is 49.2 Å². The standard InChI is InChI=1S/C21H27N5O3S.C15H19N5O4S.C15H21N5O2S.CO2/c1-15-11-18-19(12-16(15)2)23-14-17(13-22)21(18)26-8-4-7-25(9-10-26)20(27)5-6-24-30(3,28)29;1-11-7-12-13(8-14(11)24-10-21)17-9-18-15(12)19-3-2-4-20(6-5-19)25(16,22)23;1-11-8-13-14(9-12(11)2)17-10-18-15(13)19-4-3-5-20(7-6-19)23(16,21)22;2-1-3/h11-12,14,24H,4-10H2,1-3H3;7-10H,2-6H2,1H3,(H2,16,22,23);8-10H,3-7H2,1-2H3,(H2,16,21,22);. The van der Waals surface area contributed by atoms with E-state index in [1.807, 2.05) is 37.8 Å². The molecule has 3 fully saturated rings. The second kappa shape index (κ2) is 27.9. The molecular formula is C52H67N15O11S3. The number of hydrogen-bond donors (Lipinski definition) is 3. The first-order chi connectivity index (χ1) is 38.4. The SMILES string of the molecule is Cc1cc2c(N3CCCN(S(N)(=O)=O)CC3)ncnc2cc1OC=O.Cc1cc2ncc(C#N)c(N3CCCN(C(=O)CCNS(C)(=O)=O)CC3)c2cc1C.Cc1cc2ncnc(N3CCCN(S(N)(=O)=O)CC3)c2cc1C.O=C=O. The summed E-state index contributed by atoms with van der Waals surface area (Å²) in [6.45, 7) is 16.9. The first kappa shape index (κ1) is 62.8. The van der Waals surface area contributed by atoms with E-state index < -0.39 is 30.4 Å². The molecule has 3 aliphatic heterocycles. The molecule has 3 aromatic heterocycles. The number of aryl methyl sites for hydroxylation is 5. The first-order valence-electron chi connectivity index (χ1n) is 25.8. The maximum atomic E-state index is 12.5. The number of rotatable bonds is 11. The molecule has 9 rings (SSSR count). The van der Waals surface area contributed by atoms with Crippen LogP contribution in [0.1, 0.15) is 59.1 Å². The lowest BCUT2D eigenvalue weighted by atomic mass is 10.0. The van der Waals surface area contributed by atoms with Crippen molar-refractivity contribution >= 4 is 99.0 Å². The predicted molar refractivity (Wildman–Crippen MR) is 305 cm³/mol. The van der Waals surface area contributed by atoms with Gasteiger partial charge in [-0.3, -0.25) is 14.6 Å². The van der Waals surface area contributed by atoms with E-state index in [1.54, 1.807) is 23.5 Å². The number of pyridine rings is 1. The van der Waals surface area contributed by atoms with Gasteiger partial charge in [0.15, 0.2) is 0 Å². The van der Waals surface area contributed by atoms with Crippen molar-refractivity contribution in [1.82, 2.24) is 43.2 Å².